The summed E-state index contributed by atoms with van der Waals surface area (Å²) in [6.45, 7) is 7.53. The summed E-state index contributed by atoms with van der Waals surface area (Å²) in [5.74, 6) is 2.44. The van der Waals surface area contributed by atoms with Gasteiger partial charge in [0.25, 0.3) is 0 Å². The average molecular weight is 435 g/mol. The zero-order valence-corrected chi connectivity index (χ0v) is 16.5. The molecule has 1 aliphatic rings. The number of aryl methyl sites for hydroxylation is 1. The Bertz CT molecular complexity index is 562. The number of carbonyl (C=O) groups excluding carboxylic acids is 1. The Labute approximate surface area is 153 Å². The maximum absolute atomic E-state index is 11.8. The number of aliphatic imine (C=N–C) groups is 1. The molecule has 0 fully saturated rings. The molecule has 0 bridgehead atoms. The molecule has 0 spiro atoms. The number of hydrogen-bond acceptors (Lipinski definition) is 4. The first-order valence-corrected chi connectivity index (χ1v) is 7.55. The van der Waals surface area contributed by atoms with Crippen molar-refractivity contribution in [1.82, 2.24) is 30.7 Å². The second-order valence-corrected chi connectivity index (χ2v) is 6.37. The number of carbonyl (C=O) groups is 1. The normalized spacial score (nSPS) is 14.0. The van der Waals surface area contributed by atoms with Gasteiger partial charge in [-0.1, -0.05) is 0 Å². The molecule has 0 unspecified atom stereocenters. The zero-order valence-electron chi connectivity index (χ0n) is 14.1. The fourth-order valence-corrected chi connectivity index (χ4v) is 2.35. The summed E-state index contributed by atoms with van der Waals surface area (Å²) in [6.07, 6.45) is 2.12. The van der Waals surface area contributed by atoms with E-state index in [-0.39, 0.29) is 42.0 Å². The van der Waals surface area contributed by atoms with Gasteiger partial charge in [0, 0.05) is 25.6 Å². The van der Waals surface area contributed by atoms with Crippen LogP contribution in [0.25, 0.3) is 0 Å². The molecule has 1 aromatic heterocycles. The van der Waals surface area contributed by atoms with Gasteiger partial charge in [-0.2, -0.15) is 0 Å². The highest BCUT2D eigenvalue weighted by atomic mass is 127. The number of amides is 1. The summed E-state index contributed by atoms with van der Waals surface area (Å²) in [7, 11) is 1.67. The van der Waals surface area contributed by atoms with Crippen molar-refractivity contribution < 1.29 is 4.79 Å². The summed E-state index contributed by atoms with van der Waals surface area (Å²) in [5, 5.41) is 17.4. The SMILES string of the molecule is CN=C(NCC(=O)NC(C)(C)C)NCc1nnc2n1CCC2.I. The number of rotatable bonds is 4. The first kappa shape index (κ1) is 19.7. The Morgan fingerprint density at radius 3 is 2.70 bits per heavy atom. The van der Waals surface area contributed by atoms with Crippen LogP contribution in [0.2, 0.25) is 0 Å². The number of hydrogen-bond donors (Lipinski definition) is 3. The van der Waals surface area contributed by atoms with E-state index in [1.165, 1.54) is 0 Å². The quantitative estimate of drug-likeness (QED) is 0.362. The molecule has 0 saturated carbocycles. The van der Waals surface area contributed by atoms with Gasteiger partial charge in [-0.05, 0) is 27.2 Å². The van der Waals surface area contributed by atoms with E-state index < -0.39 is 0 Å². The van der Waals surface area contributed by atoms with Gasteiger partial charge in [0.05, 0.1) is 13.1 Å². The molecule has 3 N–H and O–H groups in total. The van der Waals surface area contributed by atoms with E-state index in [0.717, 1.165) is 31.0 Å². The Morgan fingerprint density at radius 2 is 2.04 bits per heavy atom. The first-order chi connectivity index (χ1) is 10.4. The minimum absolute atomic E-state index is 0. The third-order valence-corrected chi connectivity index (χ3v) is 3.25. The molecule has 8 nitrogen and oxygen atoms in total. The topological polar surface area (TPSA) is 96.2 Å². The van der Waals surface area contributed by atoms with Crippen molar-refractivity contribution >= 4 is 35.8 Å². The van der Waals surface area contributed by atoms with Crippen molar-refractivity contribution in [3.05, 3.63) is 11.6 Å². The highest BCUT2D eigenvalue weighted by Crippen LogP contribution is 2.13. The summed E-state index contributed by atoms with van der Waals surface area (Å²) in [6, 6.07) is 0. The molecule has 1 aliphatic heterocycles. The fraction of sp³-hybridized carbons (Fsp3) is 0.714. The predicted octanol–water partition coefficient (Wildman–Crippen LogP) is 0.422. The second-order valence-electron chi connectivity index (χ2n) is 6.37. The smallest absolute Gasteiger partial charge is 0.239 e. The van der Waals surface area contributed by atoms with Crippen molar-refractivity contribution in [2.24, 2.45) is 4.99 Å². The van der Waals surface area contributed by atoms with Crippen LogP contribution >= 0.6 is 24.0 Å². The van der Waals surface area contributed by atoms with E-state index in [4.69, 9.17) is 0 Å². The highest BCUT2D eigenvalue weighted by molar-refractivity contribution is 14.0. The molecule has 1 amide bonds. The van der Waals surface area contributed by atoms with Crippen molar-refractivity contribution in [1.29, 1.82) is 0 Å². The van der Waals surface area contributed by atoms with Gasteiger partial charge in [-0.15, -0.1) is 34.2 Å². The first-order valence-electron chi connectivity index (χ1n) is 7.55. The summed E-state index contributed by atoms with van der Waals surface area (Å²) in [4.78, 5) is 15.9. The Kier molecular flexibility index (Phi) is 7.23. The number of nitrogens with one attached hydrogen (secondary N) is 3. The Hall–Kier alpha value is -1.39. The standard InChI is InChI=1S/C14H25N7O.HI/c1-14(2,3)18-12(22)9-17-13(15-4)16-8-11-20-19-10-6-5-7-21(10)11;/h5-9H2,1-4H3,(H,18,22)(H2,15,16,17);1H. The van der Waals surface area contributed by atoms with Gasteiger partial charge in [-0.25, -0.2) is 0 Å². The molecule has 0 saturated heterocycles. The minimum atomic E-state index is -0.238. The average Bonchev–Trinajstić information content (AvgIpc) is 3.00. The highest BCUT2D eigenvalue weighted by Gasteiger charge is 2.17. The molecular formula is C14H26IN7O. The molecule has 0 aliphatic carbocycles. The monoisotopic (exact) mass is 435 g/mol. The maximum atomic E-state index is 11.8. The van der Waals surface area contributed by atoms with Crippen LogP contribution < -0.4 is 16.0 Å². The largest absolute Gasteiger partial charge is 0.350 e. The van der Waals surface area contributed by atoms with Crippen LogP contribution in [-0.2, 0) is 24.3 Å². The van der Waals surface area contributed by atoms with Crippen LogP contribution in [0.3, 0.4) is 0 Å². The third kappa shape index (κ3) is 5.96. The van der Waals surface area contributed by atoms with E-state index in [2.05, 4.69) is 35.7 Å². The molecular weight excluding hydrogens is 409 g/mol. The van der Waals surface area contributed by atoms with Crippen LogP contribution in [0.1, 0.15) is 38.8 Å². The van der Waals surface area contributed by atoms with Crippen molar-refractivity contribution in [3.8, 4) is 0 Å². The number of guanidine groups is 1. The molecule has 0 radical (unpaired) electrons. The molecule has 2 heterocycles. The molecule has 0 aromatic carbocycles. The Balaban J connectivity index is 0.00000264. The second kappa shape index (κ2) is 8.46. The fourth-order valence-electron chi connectivity index (χ4n) is 2.35. The lowest BCUT2D eigenvalue weighted by atomic mass is 10.1. The van der Waals surface area contributed by atoms with Crippen molar-refractivity contribution in [2.45, 2.75) is 52.2 Å². The van der Waals surface area contributed by atoms with E-state index in [1.54, 1.807) is 7.05 Å². The van der Waals surface area contributed by atoms with Gasteiger partial charge in [-0.3, -0.25) is 9.79 Å². The zero-order chi connectivity index (χ0) is 16.2. The lowest BCUT2D eigenvalue weighted by molar-refractivity contribution is -0.121. The van der Waals surface area contributed by atoms with Crippen LogP contribution in [0.4, 0.5) is 0 Å². The lowest BCUT2D eigenvalue weighted by Crippen LogP contribution is -2.48. The van der Waals surface area contributed by atoms with E-state index in [0.29, 0.717) is 12.5 Å². The van der Waals surface area contributed by atoms with Crippen molar-refractivity contribution in [3.63, 3.8) is 0 Å². The maximum Gasteiger partial charge on any atom is 0.239 e. The molecule has 23 heavy (non-hydrogen) atoms. The van der Waals surface area contributed by atoms with Gasteiger partial charge >= 0.3 is 0 Å². The van der Waals surface area contributed by atoms with E-state index in [9.17, 15) is 4.79 Å². The number of aromatic nitrogens is 3. The van der Waals surface area contributed by atoms with Crippen LogP contribution in [0.15, 0.2) is 4.99 Å². The summed E-state index contributed by atoms with van der Waals surface area (Å²) in [5.41, 5.74) is -0.238. The number of nitrogens with zero attached hydrogens (tertiary/aromatic N) is 4. The summed E-state index contributed by atoms with van der Waals surface area (Å²) >= 11 is 0. The predicted molar refractivity (Wildman–Crippen MR) is 99.9 cm³/mol. The Morgan fingerprint density at radius 1 is 1.30 bits per heavy atom. The van der Waals surface area contributed by atoms with Gasteiger partial charge in [0.2, 0.25) is 5.91 Å². The van der Waals surface area contributed by atoms with Gasteiger partial charge in [0.15, 0.2) is 11.8 Å². The molecule has 0 atom stereocenters. The van der Waals surface area contributed by atoms with Crippen molar-refractivity contribution in [2.75, 3.05) is 13.6 Å². The molecule has 2 rings (SSSR count). The molecule has 9 heteroatoms. The van der Waals surface area contributed by atoms with Crippen LogP contribution in [0, 0.1) is 0 Å². The lowest BCUT2D eigenvalue weighted by Gasteiger charge is -2.21. The van der Waals surface area contributed by atoms with Crippen LogP contribution in [-0.4, -0.2) is 45.8 Å². The molecule has 1 aromatic rings. The molecule has 130 valence electrons. The minimum Gasteiger partial charge on any atom is -0.350 e. The number of fused-ring (bicyclic) bond motifs is 1. The third-order valence-electron chi connectivity index (χ3n) is 3.25. The summed E-state index contributed by atoms with van der Waals surface area (Å²) < 4.78 is 2.13. The van der Waals surface area contributed by atoms with E-state index >= 15 is 0 Å². The van der Waals surface area contributed by atoms with Gasteiger partial charge < -0.3 is 20.5 Å². The van der Waals surface area contributed by atoms with E-state index in [1.807, 2.05) is 20.8 Å². The van der Waals surface area contributed by atoms with Gasteiger partial charge in [0.1, 0.15) is 5.82 Å². The van der Waals surface area contributed by atoms with Crippen LogP contribution in [0.5, 0.6) is 0 Å². The number of halogens is 1.